The smallest absolute Gasteiger partial charge is 0.319 e. The predicted molar refractivity (Wildman–Crippen MR) is 73.7 cm³/mol. The molecule has 0 bridgehead atoms. The van der Waals surface area contributed by atoms with Crippen LogP contribution in [0.3, 0.4) is 0 Å². The number of aliphatic carboxylic acids is 1. The zero-order valence-corrected chi connectivity index (χ0v) is 11.9. The van der Waals surface area contributed by atoms with Gasteiger partial charge in [-0.3, -0.25) is 9.59 Å². The van der Waals surface area contributed by atoms with E-state index in [9.17, 15) is 14.7 Å². The van der Waals surface area contributed by atoms with Crippen molar-refractivity contribution in [2.75, 3.05) is 6.54 Å². The molecule has 1 aliphatic rings. The van der Waals surface area contributed by atoms with Gasteiger partial charge in [-0.1, -0.05) is 23.2 Å². The van der Waals surface area contributed by atoms with Crippen molar-refractivity contribution in [1.82, 2.24) is 5.32 Å². The van der Waals surface area contributed by atoms with E-state index < -0.39 is 23.4 Å². The van der Waals surface area contributed by atoms with Crippen LogP contribution >= 0.6 is 23.2 Å². The van der Waals surface area contributed by atoms with E-state index in [2.05, 4.69) is 5.32 Å². The normalized spacial score (nSPS) is 17.4. The molecule has 0 spiro atoms. The van der Waals surface area contributed by atoms with Gasteiger partial charge in [0.15, 0.2) is 0 Å². The molecule has 1 atom stereocenters. The Bertz CT molecular complexity index is 537. The van der Waals surface area contributed by atoms with Gasteiger partial charge in [0.2, 0.25) is 5.91 Å². The standard InChI is InChI=1S/C13H13Cl2NO4/c14-8-3-7(4-9(15)5-8)10(17)6-16-11(18)13(1-2-13)12(19)20/h3-5,10,17H,1-2,6H2,(H,16,18)(H,19,20). The third-order valence-electron chi connectivity index (χ3n) is 3.32. The molecule has 20 heavy (non-hydrogen) atoms. The molecule has 3 N–H and O–H groups in total. The minimum absolute atomic E-state index is 0.0927. The van der Waals surface area contributed by atoms with Gasteiger partial charge in [0.1, 0.15) is 5.41 Å². The molecule has 2 rings (SSSR count). The van der Waals surface area contributed by atoms with Gasteiger partial charge in [0.05, 0.1) is 6.10 Å². The molecule has 1 fully saturated rings. The monoisotopic (exact) mass is 317 g/mol. The van der Waals surface area contributed by atoms with E-state index in [0.29, 0.717) is 28.5 Å². The number of benzene rings is 1. The van der Waals surface area contributed by atoms with Crippen LogP contribution in [0.25, 0.3) is 0 Å². The van der Waals surface area contributed by atoms with Crippen molar-refractivity contribution in [1.29, 1.82) is 0 Å². The number of aliphatic hydroxyl groups is 1. The molecule has 108 valence electrons. The highest BCUT2D eigenvalue weighted by atomic mass is 35.5. The van der Waals surface area contributed by atoms with Crippen LogP contribution in [0.1, 0.15) is 24.5 Å². The van der Waals surface area contributed by atoms with Gasteiger partial charge in [0, 0.05) is 16.6 Å². The maximum Gasteiger partial charge on any atom is 0.319 e. The molecule has 1 aromatic rings. The van der Waals surface area contributed by atoms with Crippen molar-refractivity contribution in [3.63, 3.8) is 0 Å². The Kier molecular flexibility index (Phi) is 4.22. The Labute approximate surface area is 125 Å². The number of carbonyl (C=O) groups is 2. The Morgan fingerprint density at radius 2 is 1.80 bits per heavy atom. The lowest BCUT2D eigenvalue weighted by molar-refractivity contribution is -0.149. The van der Waals surface area contributed by atoms with Crippen LogP contribution < -0.4 is 5.32 Å². The molecule has 1 saturated carbocycles. The Morgan fingerprint density at radius 3 is 2.25 bits per heavy atom. The largest absolute Gasteiger partial charge is 0.480 e. The van der Waals surface area contributed by atoms with E-state index in [0.717, 1.165) is 0 Å². The third-order valence-corrected chi connectivity index (χ3v) is 3.76. The molecule has 0 saturated heterocycles. The van der Waals surface area contributed by atoms with Gasteiger partial charge in [-0.2, -0.15) is 0 Å². The van der Waals surface area contributed by atoms with Crippen molar-refractivity contribution in [3.05, 3.63) is 33.8 Å². The van der Waals surface area contributed by atoms with Crippen LogP contribution in [0.15, 0.2) is 18.2 Å². The summed E-state index contributed by atoms with van der Waals surface area (Å²) in [4.78, 5) is 22.8. The fourth-order valence-corrected chi connectivity index (χ4v) is 2.45. The lowest BCUT2D eigenvalue weighted by Gasteiger charge is -2.15. The highest BCUT2D eigenvalue weighted by Gasteiger charge is 2.57. The fraction of sp³-hybridized carbons (Fsp3) is 0.385. The second-order valence-corrected chi connectivity index (χ2v) is 5.69. The first-order valence-corrected chi connectivity index (χ1v) is 6.76. The Hall–Kier alpha value is -1.30. The molecular weight excluding hydrogens is 305 g/mol. The molecular formula is C13H13Cl2NO4. The quantitative estimate of drug-likeness (QED) is 0.725. The van der Waals surface area contributed by atoms with Crippen molar-refractivity contribution in [2.24, 2.45) is 5.41 Å². The van der Waals surface area contributed by atoms with Crippen LogP contribution in [0, 0.1) is 5.41 Å². The van der Waals surface area contributed by atoms with E-state index in [1.807, 2.05) is 0 Å². The summed E-state index contributed by atoms with van der Waals surface area (Å²) in [6.07, 6.45) is -0.347. The highest BCUT2D eigenvalue weighted by molar-refractivity contribution is 6.34. The van der Waals surface area contributed by atoms with Gasteiger partial charge in [-0.05, 0) is 36.6 Å². The number of carbonyl (C=O) groups excluding carboxylic acids is 1. The number of aliphatic hydroxyl groups excluding tert-OH is 1. The van der Waals surface area contributed by atoms with Gasteiger partial charge in [-0.15, -0.1) is 0 Å². The zero-order valence-electron chi connectivity index (χ0n) is 10.4. The topological polar surface area (TPSA) is 86.6 Å². The Morgan fingerprint density at radius 1 is 1.25 bits per heavy atom. The number of nitrogens with one attached hydrogen (secondary N) is 1. The van der Waals surface area contributed by atoms with E-state index in [1.165, 1.54) is 18.2 Å². The average Bonchev–Trinajstić information content (AvgIpc) is 3.15. The maximum absolute atomic E-state index is 11.8. The first kappa shape index (κ1) is 15.1. The van der Waals surface area contributed by atoms with Crippen LogP contribution in [0.2, 0.25) is 10.0 Å². The number of rotatable bonds is 5. The fourth-order valence-electron chi connectivity index (χ4n) is 1.91. The minimum Gasteiger partial charge on any atom is -0.480 e. The number of halogens is 2. The van der Waals surface area contributed by atoms with Crippen molar-refractivity contribution < 1.29 is 19.8 Å². The average molecular weight is 318 g/mol. The molecule has 0 radical (unpaired) electrons. The summed E-state index contributed by atoms with van der Waals surface area (Å²) in [6, 6.07) is 4.60. The predicted octanol–water partition coefficient (Wildman–Crippen LogP) is 2.01. The number of hydrogen-bond donors (Lipinski definition) is 3. The molecule has 0 heterocycles. The van der Waals surface area contributed by atoms with Crippen LogP contribution in [-0.2, 0) is 9.59 Å². The number of carboxylic acids is 1. The van der Waals surface area contributed by atoms with Crippen LogP contribution in [-0.4, -0.2) is 28.6 Å². The van der Waals surface area contributed by atoms with E-state index in [4.69, 9.17) is 28.3 Å². The van der Waals surface area contributed by atoms with Gasteiger partial charge in [0.25, 0.3) is 0 Å². The van der Waals surface area contributed by atoms with E-state index in [-0.39, 0.29) is 6.54 Å². The summed E-state index contributed by atoms with van der Waals surface area (Å²) in [6.45, 7) is -0.0927. The summed E-state index contributed by atoms with van der Waals surface area (Å²) in [5, 5.41) is 22.1. The second-order valence-electron chi connectivity index (χ2n) is 4.82. The summed E-state index contributed by atoms with van der Waals surface area (Å²) >= 11 is 11.6. The first-order valence-electron chi connectivity index (χ1n) is 6.01. The second kappa shape index (κ2) is 5.60. The zero-order chi connectivity index (χ0) is 14.9. The van der Waals surface area contributed by atoms with E-state index in [1.54, 1.807) is 0 Å². The molecule has 0 aliphatic heterocycles. The highest BCUT2D eigenvalue weighted by Crippen LogP contribution is 2.46. The van der Waals surface area contributed by atoms with Gasteiger partial charge in [-0.25, -0.2) is 0 Å². The molecule has 0 aromatic heterocycles. The summed E-state index contributed by atoms with van der Waals surface area (Å²) in [7, 11) is 0. The maximum atomic E-state index is 11.8. The minimum atomic E-state index is -1.31. The molecule has 7 heteroatoms. The number of carboxylic acid groups (broad SMARTS) is 1. The summed E-state index contributed by atoms with van der Waals surface area (Å²) in [5.74, 6) is -1.70. The van der Waals surface area contributed by atoms with Gasteiger partial charge < -0.3 is 15.5 Å². The summed E-state index contributed by atoms with van der Waals surface area (Å²) < 4.78 is 0. The van der Waals surface area contributed by atoms with Crippen LogP contribution in [0.5, 0.6) is 0 Å². The van der Waals surface area contributed by atoms with Crippen molar-refractivity contribution in [2.45, 2.75) is 18.9 Å². The Balaban J connectivity index is 1.97. The lowest BCUT2D eigenvalue weighted by Crippen LogP contribution is -2.39. The van der Waals surface area contributed by atoms with Crippen molar-refractivity contribution in [3.8, 4) is 0 Å². The molecule has 1 amide bonds. The SMILES string of the molecule is O=C(O)C1(C(=O)NCC(O)c2cc(Cl)cc(Cl)c2)CC1. The van der Waals surface area contributed by atoms with Crippen LogP contribution in [0.4, 0.5) is 0 Å². The molecule has 1 aromatic carbocycles. The van der Waals surface area contributed by atoms with E-state index >= 15 is 0 Å². The number of hydrogen-bond acceptors (Lipinski definition) is 3. The molecule has 1 aliphatic carbocycles. The molecule has 5 nitrogen and oxygen atoms in total. The van der Waals surface area contributed by atoms with Gasteiger partial charge >= 0.3 is 5.97 Å². The number of amides is 1. The summed E-state index contributed by atoms with van der Waals surface area (Å²) in [5.41, 5.74) is -0.853. The van der Waals surface area contributed by atoms with Crippen molar-refractivity contribution >= 4 is 35.1 Å². The third kappa shape index (κ3) is 3.06. The lowest BCUT2D eigenvalue weighted by atomic mass is 10.1. The molecule has 1 unspecified atom stereocenters. The first-order chi connectivity index (χ1) is 9.35.